The molecule has 0 radical (unpaired) electrons. The summed E-state index contributed by atoms with van der Waals surface area (Å²) in [5.74, 6) is -1.41. The molecule has 0 bridgehead atoms. The Hall–Kier alpha value is -3.57. The molecule has 0 saturated carbocycles. The predicted molar refractivity (Wildman–Crippen MR) is 93.9 cm³/mol. The Morgan fingerprint density at radius 2 is 1.58 bits per heavy atom. The van der Waals surface area contributed by atoms with Gasteiger partial charge in [-0.3, -0.25) is 4.79 Å². The number of hydrogen-bond acceptors (Lipinski definition) is 5. The lowest BCUT2D eigenvalue weighted by Gasteiger charge is -2.08. The molecule has 1 amide bonds. The third-order valence-corrected chi connectivity index (χ3v) is 4.13. The van der Waals surface area contributed by atoms with Crippen LogP contribution < -0.4 is 5.32 Å². The summed E-state index contributed by atoms with van der Waals surface area (Å²) in [5.41, 5.74) is -1.97. The normalized spacial score (nSPS) is 12.1. The van der Waals surface area contributed by atoms with Gasteiger partial charge in [0.2, 0.25) is 11.7 Å². The number of aromatic nitrogens is 2. The zero-order valence-electron chi connectivity index (χ0n) is 15.4. The number of halogens is 6. The number of nitrogens with one attached hydrogen (secondary N) is 1. The van der Waals surface area contributed by atoms with Crippen molar-refractivity contribution in [3.8, 4) is 17.1 Å². The molecule has 0 aliphatic heterocycles. The fraction of sp³-hybridized carbons (Fsp3) is 0.211. The SMILES string of the molecule is O=C(NCCc1nc(-c2ccc(C(F)(F)F)cc2O)no1)c1ccc(C(F)(F)F)cc1. The Labute approximate surface area is 170 Å². The van der Waals surface area contributed by atoms with Crippen LogP contribution in [0.2, 0.25) is 0 Å². The first kappa shape index (κ1) is 22.1. The molecule has 1 aromatic heterocycles. The van der Waals surface area contributed by atoms with Crippen LogP contribution in [0.25, 0.3) is 11.4 Å². The smallest absolute Gasteiger partial charge is 0.416 e. The van der Waals surface area contributed by atoms with E-state index in [1.54, 1.807) is 0 Å². The third-order valence-electron chi connectivity index (χ3n) is 4.13. The van der Waals surface area contributed by atoms with Crippen molar-refractivity contribution in [3.05, 3.63) is 65.0 Å². The predicted octanol–water partition coefficient (Wildman–Crippen LogP) is 4.45. The Morgan fingerprint density at radius 1 is 0.968 bits per heavy atom. The molecule has 2 N–H and O–H groups in total. The first-order chi connectivity index (χ1) is 14.4. The molecule has 3 aromatic rings. The summed E-state index contributed by atoms with van der Waals surface area (Å²) in [6.07, 6.45) is -9.09. The highest BCUT2D eigenvalue weighted by atomic mass is 19.4. The van der Waals surface area contributed by atoms with E-state index in [0.29, 0.717) is 6.07 Å². The first-order valence-electron chi connectivity index (χ1n) is 8.64. The second-order valence-corrected chi connectivity index (χ2v) is 6.32. The highest BCUT2D eigenvalue weighted by Gasteiger charge is 2.32. The van der Waals surface area contributed by atoms with Crippen molar-refractivity contribution in [1.29, 1.82) is 0 Å². The van der Waals surface area contributed by atoms with Crippen LogP contribution in [0, 0.1) is 0 Å². The third kappa shape index (κ3) is 5.32. The first-order valence-corrected chi connectivity index (χ1v) is 8.64. The van der Waals surface area contributed by atoms with Gasteiger partial charge in [0.15, 0.2) is 0 Å². The molecule has 0 atom stereocenters. The average molecular weight is 445 g/mol. The number of phenols is 1. The van der Waals surface area contributed by atoms with E-state index in [-0.39, 0.29) is 35.8 Å². The van der Waals surface area contributed by atoms with Gasteiger partial charge >= 0.3 is 12.4 Å². The minimum absolute atomic E-state index is 0.000479. The second-order valence-electron chi connectivity index (χ2n) is 6.32. The van der Waals surface area contributed by atoms with Crippen molar-refractivity contribution < 1.29 is 40.8 Å². The number of rotatable bonds is 5. The number of benzene rings is 2. The number of aromatic hydroxyl groups is 1. The van der Waals surface area contributed by atoms with Crippen molar-refractivity contribution in [3.63, 3.8) is 0 Å². The van der Waals surface area contributed by atoms with Crippen LogP contribution in [-0.4, -0.2) is 27.7 Å². The second kappa shape index (κ2) is 8.28. The Morgan fingerprint density at radius 3 is 2.16 bits per heavy atom. The summed E-state index contributed by atoms with van der Waals surface area (Å²) in [6.45, 7) is 0.000479. The van der Waals surface area contributed by atoms with Crippen molar-refractivity contribution in [2.45, 2.75) is 18.8 Å². The molecule has 0 saturated heterocycles. The molecule has 31 heavy (non-hydrogen) atoms. The number of hydrogen-bond donors (Lipinski definition) is 2. The van der Waals surface area contributed by atoms with Crippen LogP contribution >= 0.6 is 0 Å². The molecule has 0 aliphatic rings. The molecular weight excluding hydrogens is 432 g/mol. The highest BCUT2D eigenvalue weighted by molar-refractivity contribution is 5.94. The summed E-state index contributed by atoms with van der Waals surface area (Å²) in [7, 11) is 0. The van der Waals surface area contributed by atoms with Gasteiger partial charge in [-0.15, -0.1) is 0 Å². The molecule has 2 aromatic carbocycles. The van der Waals surface area contributed by atoms with Gasteiger partial charge in [-0.05, 0) is 42.5 Å². The number of alkyl halides is 6. The van der Waals surface area contributed by atoms with Gasteiger partial charge in [0.1, 0.15) is 5.75 Å². The molecule has 3 rings (SSSR count). The lowest BCUT2D eigenvalue weighted by molar-refractivity contribution is -0.138. The van der Waals surface area contributed by atoms with Crippen LogP contribution in [0.5, 0.6) is 5.75 Å². The van der Waals surface area contributed by atoms with Gasteiger partial charge in [0.05, 0.1) is 16.7 Å². The number of phenolic OH excluding ortho intramolecular Hbond substituents is 1. The number of carbonyl (C=O) groups excluding carboxylic acids is 1. The zero-order chi connectivity index (χ0) is 22.8. The lowest BCUT2D eigenvalue weighted by atomic mass is 10.1. The Bertz CT molecular complexity index is 1070. The number of amides is 1. The van der Waals surface area contributed by atoms with Crippen molar-refractivity contribution in [1.82, 2.24) is 15.5 Å². The van der Waals surface area contributed by atoms with Gasteiger partial charge in [-0.25, -0.2) is 0 Å². The molecule has 0 fully saturated rings. The van der Waals surface area contributed by atoms with E-state index in [9.17, 15) is 36.2 Å². The Kier molecular flexibility index (Phi) is 5.91. The van der Waals surface area contributed by atoms with E-state index in [1.807, 2.05) is 0 Å². The fourth-order valence-electron chi connectivity index (χ4n) is 2.56. The van der Waals surface area contributed by atoms with Crippen LogP contribution in [0.15, 0.2) is 47.0 Å². The highest BCUT2D eigenvalue weighted by Crippen LogP contribution is 2.35. The molecule has 164 valence electrons. The largest absolute Gasteiger partial charge is 0.507 e. The summed E-state index contributed by atoms with van der Waals surface area (Å²) >= 11 is 0. The minimum Gasteiger partial charge on any atom is -0.507 e. The van der Waals surface area contributed by atoms with E-state index < -0.39 is 35.1 Å². The van der Waals surface area contributed by atoms with E-state index in [2.05, 4.69) is 15.5 Å². The van der Waals surface area contributed by atoms with Crippen molar-refractivity contribution in [2.24, 2.45) is 0 Å². The Balaban J connectivity index is 1.59. The standard InChI is InChI=1S/C19H13F6N3O3/c20-18(21,22)11-3-1-10(2-4-11)17(30)26-8-7-15-27-16(28-31-15)13-6-5-12(9-14(13)29)19(23,24)25/h1-6,9,29H,7-8H2,(H,26,30). The van der Waals surface area contributed by atoms with Crippen LogP contribution in [0.4, 0.5) is 26.3 Å². The van der Waals surface area contributed by atoms with Crippen LogP contribution in [-0.2, 0) is 18.8 Å². The summed E-state index contributed by atoms with van der Waals surface area (Å²) < 4.78 is 80.6. The van der Waals surface area contributed by atoms with E-state index in [4.69, 9.17) is 4.52 Å². The molecule has 0 unspecified atom stereocenters. The van der Waals surface area contributed by atoms with Gasteiger partial charge in [-0.2, -0.15) is 31.3 Å². The summed E-state index contributed by atoms with van der Waals surface area (Å²) in [6, 6.07) is 5.95. The molecule has 0 spiro atoms. The quantitative estimate of drug-likeness (QED) is 0.567. The topological polar surface area (TPSA) is 88.2 Å². The maximum absolute atomic E-state index is 12.7. The van der Waals surface area contributed by atoms with Crippen molar-refractivity contribution >= 4 is 5.91 Å². The zero-order valence-corrected chi connectivity index (χ0v) is 15.4. The fourth-order valence-corrected chi connectivity index (χ4v) is 2.56. The van der Waals surface area contributed by atoms with E-state index in [1.165, 1.54) is 0 Å². The monoisotopic (exact) mass is 445 g/mol. The molecule has 1 heterocycles. The average Bonchev–Trinajstić information content (AvgIpc) is 3.15. The van der Waals surface area contributed by atoms with Crippen LogP contribution in [0.1, 0.15) is 27.4 Å². The maximum atomic E-state index is 12.7. The number of carbonyl (C=O) groups is 1. The van der Waals surface area contributed by atoms with Crippen LogP contribution in [0.3, 0.4) is 0 Å². The molecule has 12 heteroatoms. The number of nitrogens with zero attached hydrogens (tertiary/aromatic N) is 2. The van der Waals surface area contributed by atoms with Crippen molar-refractivity contribution in [2.75, 3.05) is 6.54 Å². The molecule has 0 aliphatic carbocycles. The van der Waals surface area contributed by atoms with Gasteiger partial charge < -0.3 is 14.9 Å². The van der Waals surface area contributed by atoms with Gasteiger partial charge in [0.25, 0.3) is 5.91 Å². The minimum atomic E-state index is -4.62. The maximum Gasteiger partial charge on any atom is 0.416 e. The lowest BCUT2D eigenvalue weighted by Crippen LogP contribution is -2.25. The summed E-state index contributed by atoms with van der Waals surface area (Å²) in [5, 5.41) is 15.9. The van der Waals surface area contributed by atoms with Gasteiger partial charge in [-0.1, -0.05) is 5.16 Å². The summed E-state index contributed by atoms with van der Waals surface area (Å²) in [4.78, 5) is 15.9. The molecular formula is C19H13F6N3O3. The molecule has 6 nitrogen and oxygen atoms in total. The van der Waals surface area contributed by atoms with E-state index >= 15 is 0 Å². The van der Waals surface area contributed by atoms with E-state index in [0.717, 1.165) is 36.4 Å². The van der Waals surface area contributed by atoms with Gasteiger partial charge in [0, 0.05) is 18.5 Å².